The SMILES string of the molecule is CCCC(CCC)C(=O)N1CC(c2ccc3c(c2)OCO3)C(C(=O)O)C1c1ccc(OC)cc1. The van der Waals surface area contributed by atoms with Crippen molar-refractivity contribution in [1.82, 2.24) is 4.90 Å². The van der Waals surface area contributed by atoms with Crippen LogP contribution in [0.4, 0.5) is 0 Å². The van der Waals surface area contributed by atoms with E-state index in [0.717, 1.165) is 36.8 Å². The molecule has 2 aliphatic rings. The highest BCUT2D eigenvalue weighted by Gasteiger charge is 2.50. The van der Waals surface area contributed by atoms with E-state index in [1.165, 1.54) is 0 Å². The lowest BCUT2D eigenvalue weighted by Crippen LogP contribution is -2.37. The average Bonchev–Trinajstić information content (AvgIpc) is 3.48. The smallest absolute Gasteiger partial charge is 0.309 e. The minimum absolute atomic E-state index is 0.0408. The van der Waals surface area contributed by atoms with Gasteiger partial charge in [-0.25, -0.2) is 0 Å². The minimum Gasteiger partial charge on any atom is -0.497 e. The van der Waals surface area contributed by atoms with Crippen molar-refractivity contribution < 1.29 is 28.9 Å². The molecule has 3 unspecified atom stereocenters. The first-order chi connectivity index (χ1) is 16.5. The Kier molecular flexibility index (Phi) is 7.29. The summed E-state index contributed by atoms with van der Waals surface area (Å²) in [6, 6.07) is 12.4. The number of amides is 1. The molecule has 34 heavy (non-hydrogen) atoms. The van der Waals surface area contributed by atoms with E-state index in [1.807, 2.05) is 47.4 Å². The molecule has 182 valence electrons. The van der Waals surface area contributed by atoms with Crippen molar-refractivity contribution in [2.45, 2.75) is 51.5 Å². The van der Waals surface area contributed by atoms with Crippen molar-refractivity contribution in [3.8, 4) is 17.2 Å². The molecule has 7 heteroatoms. The van der Waals surface area contributed by atoms with E-state index in [2.05, 4.69) is 13.8 Å². The van der Waals surface area contributed by atoms with Crippen LogP contribution in [-0.2, 0) is 9.59 Å². The first kappa shape index (κ1) is 23.9. The number of carboxylic acids is 1. The van der Waals surface area contributed by atoms with E-state index in [-0.39, 0.29) is 24.5 Å². The summed E-state index contributed by atoms with van der Waals surface area (Å²) >= 11 is 0. The number of benzene rings is 2. The Labute approximate surface area is 200 Å². The number of ether oxygens (including phenoxy) is 3. The second kappa shape index (κ2) is 10.4. The highest BCUT2D eigenvalue weighted by atomic mass is 16.7. The summed E-state index contributed by atoms with van der Waals surface area (Å²) in [6.07, 6.45) is 3.41. The van der Waals surface area contributed by atoms with Crippen LogP contribution >= 0.6 is 0 Å². The predicted octanol–water partition coefficient (Wildman–Crippen LogP) is 5.01. The van der Waals surface area contributed by atoms with E-state index in [0.29, 0.717) is 23.8 Å². The molecular weight excluding hydrogens is 434 g/mol. The fourth-order valence-corrected chi connectivity index (χ4v) is 5.35. The summed E-state index contributed by atoms with van der Waals surface area (Å²) in [4.78, 5) is 28.3. The van der Waals surface area contributed by atoms with Crippen molar-refractivity contribution in [2.24, 2.45) is 11.8 Å². The van der Waals surface area contributed by atoms with Gasteiger partial charge in [0, 0.05) is 18.4 Å². The highest BCUT2D eigenvalue weighted by Crippen LogP contribution is 2.48. The van der Waals surface area contributed by atoms with Crippen LogP contribution in [0.25, 0.3) is 0 Å². The van der Waals surface area contributed by atoms with E-state index in [9.17, 15) is 14.7 Å². The Morgan fingerprint density at radius 2 is 1.68 bits per heavy atom. The van der Waals surface area contributed by atoms with Crippen molar-refractivity contribution in [3.05, 3.63) is 53.6 Å². The molecule has 1 saturated heterocycles. The van der Waals surface area contributed by atoms with Gasteiger partial charge in [-0.2, -0.15) is 0 Å². The van der Waals surface area contributed by atoms with Gasteiger partial charge in [0.25, 0.3) is 0 Å². The van der Waals surface area contributed by atoms with Crippen molar-refractivity contribution in [2.75, 3.05) is 20.4 Å². The normalized spacial score (nSPS) is 21.2. The Hall–Kier alpha value is -3.22. The summed E-state index contributed by atoms with van der Waals surface area (Å²) in [5, 5.41) is 10.4. The van der Waals surface area contributed by atoms with Gasteiger partial charge in [-0.05, 0) is 48.2 Å². The van der Waals surface area contributed by atoms with E-state index in [1.54, 1.807) is 7.11 Å². The number of methoxy groups -OCH3 is 1. The molecule has 0 aromatic heterocycles. The summed E-state index contributed by atoms with van der Waals surface area (Å²) < 4.78 is 16.3. The number of fused-ring (bicyclic) bond motifs is 1. The first-order valence-corrected chi connectivity index (χ1v) is 12.0. The number of hydrogen-bond acceptors (Lipinski definition) is 5. The van der Waals surface area contributed by atoms with Gasteiger partial charge >= 0.3 is 5.97 Å². The van der Waals surface area contributed by atoms with Crippen LogP contribution in [0, 0.1) is 11.8 Å². The van der Waals surface area contributed by atoms with Crippen LogP contribution in [0.15, 0.2) is 42.5 Å². The second-order valence-corrected chi connectivity index (χ2v) is 9.07. The maximum absolute atomic E-state index is 13.8. The fraction of sp³-hybridized carbons (Fsp3) is 0.481. The topological polar surface area (TPSA) is 85.3 Å². The number of rotatable bonds is 9. The molecule has 1 N–H and O–H groups in total. The third kappa shape index (κ3) is 4.56. The van der Waals surface area contributed by atoms with Crippen LogP contribution in [-0.4, -0.2) is 42.3 Å². The molecule has 2 heterocycles. The summed E-state index contributed by atoms with van der Waals surface area (Å²) in [7, 11) is 1.59. The van der Waals surface area contributed by atoms with Gasteiger partial charge < -0.3 is 24.2 Å². The van der Waals surface area contributed by atoms with Crippen LogP contribution in [0.5, 0.6) is 17.2 Å². The van der Waals surface area contributed by atoms with Gasteiger partial charge in [0.2, 0.25) is 12.7 Å². The van der Waals surface area contributed by atoms with Gasteiger partial charge in [0.05, 0.1) is 19.1 Å². The van der Waals surface area contributed by atoms with Gasteiger partial charge in [-0.15, -0.1) is 0 Å². The van der Waals surface area contributed by atoms with Crippen molar-refractivity contribution in [1.29, 1.82) is 0 Å². The Morgan fingerprint density at radius 1 is 1.03 bits per heavy atom. The van der Waals surface area contributed by atoms with E-state index >= 15 is 0 Å². The second-order valence-electron chi connectivity index (χ2n) is 9.07. The third-order valence-corrected chi connectivity index (χ3v) is 6.98. The zero-order valence-electron chi connectivity index (χ0n) is 20.0. The van der Waals surface area contributed by atoms with Crippen LogP contribution in [0.3, 0.4) is 0 Å². The largest absolute Gasteiger partial charge is 0.497 e. The molecule has 0 spiro atoms. The molecule has 0 bridgehead atoms. The number of nitrogens with zero attached hydrogens (tertiary/aromatic N) is 1. The number of likely N-dealkylation sites (tertiary alicyclic amines) is 1. The van der Waals surface area contributed by atoms with Crippen LogP contribution in [0.2, 0.25) is 0 Å². The van der Waals surface area contributed by atoms with Crippen molar-refractivity contribution >= 4 is 11.9 Å². The van der Waals surface area contributed by atoms with Crippen molar-refractivity contribution in [3.63, 3.8) is 0 Å². The zero-order valence-corrected chi connectivity index (χ0v) is 20.0. The maximum atomic E-state index is 13.8. The predicted molar refractivity (Wildman–Crippen MR) is 127 cm³/mol. The Morgan fingerprint density at radius 3 is 2.29 bits per heavy atom. The lowest BCUT2D eigenvalue weighted by Gasteiger charge is -2.30. The minimum atomic E-state index is -0.915. The molecule has 0 radical (unpaired) electrons. The zero-order chi connectivity index (χ0) is 24.2. The van der Waals surface area contributed by atoms with Gasteiger partial charge in [0.15, 0.2) is 11.5 Å². The van der Waals surface area contributed by atoms with E-state index < -0.39 is 17.9 Å². The fourth-order valence-electron chi connectivity index (χ4n) is 5.35. The third-order valence-electron chi connectivity index (χ3n) is 6.98. The molecule has 4 rings (SSSR count). The number of carboxylic acid groups (broad SMARTS) is 1. The lowest BCUT2D eigenvalue weighted by atomic mass is 9.82. The summed E-state index contributed by atoms with van der Waals surface area (Å²) in [6.45, 7) is 4.66. The molecular formula is C27H33NO6. The first-order valence-electron chi connectivity index (χ1n) is 12.0. The standard InChI is InChI=1S/C27H33NO6/c1-4-6-18(7-5-2)26(29)28-15-21(19-10-13-22-23(14-19)34-16-33-22)24(27(30)31)25(28)17-8-11-20(32-3)12-9-17/h8-14,18,21,24-25H,4-7,15-16H2,1-3H3,(H,30,31). The number of hydrogen-bond donors (Lipinski definition) is 1. The van der Waals surface area contributed by atoms with E-state index in [4.69, 9.17) is 14.2 Å². The van der Waals surface area contributed by atoms with Gasteiger partial charge in [-0.1, -0.05) is 44.9 Å². The number of carbonyl (C=O) groups is 2. The maximum Gasteiger partial charge on any atom is 0.309 e. The molecule has 0 aliphatic carbocycles. The summed E-state index contributed by atoms with van der Waals surface area (Å²) in [5.74, 6) is -0.190. The summed E-state index contributed by atoms with van der Waals surface area (Å²) in [5.41, 5.74) is 1.64. The van der Waals surface area contributed by atoms with Crippen LogP contribution < -0.4 is 14.2 Å². The molecule has 1 amide bonds. The van der Waals surface area contributed by atoms with Gasteiger partial charge in [0.1, 0.15) is 5.75 Å². The highest BCUT2D eigenvalue weighted by molar-refractivity contribution is 5.83. The molecule has 0 saturated carbocycles. The molecule has 2 aromatic carbocycles. The quantitative estimate of drug-likeness (QED) is 0.558. The molecule has 2 aliphatic heterocycles. The monoisotopic (exact) mass is 467 g/mol. The molecule has 1 fully saturated rings. The van der Waals surface area contributed by atoms with Gasteiger partial charge in [-0.3, -0.25) is 9.59 Å². The molecule has 3 atom stereocenters. The number of aliphatic carboxylic acids is 1. The lowest BCUT2D eigenvalue weighted by molar-refractivity contribution is -0.144. The Balaban J connectivity index is 1.76. The number of carbonyl (C=O) groups excluding carboxylic acids is 1. The van der Waals surface area contributed by atoms with Crippen LogP contribution in [0.1, 0.15) is 62.6 Å². The molecule has 7 nitrogen and oxygen atoms in total. The average molecular weight is 468 g/mol. The Bertz CT molecular complexity index is 1010. The molecule has 2 aromatic rings.